The molecule has 0 spiro atoms. The summed E-state index contributed by atoms with van der Waals surface area (Å²) < 4.78 is 0. The van der Waals surface area contributed by atoms with Crippen LogP contribution < -0.4 is 11.5 Å². The topological polar surface area (TPSA) is 77.8 Å². The molecule has 4 nitrogen and oxygen atoms in total. The molecule has 10 heavy (non-hydrogen) atoms. The van der Waals surface area contributed by atoms with Crippen LogP contribution in [0.4, 0.5) is 5.82 Å². The van der Waals surface area contributed by atoms with E-state index in [1.165, 1.54) is 6.33 Å². The maximum atomic E-state index is 5.50. The highest BCUT2D eigenvalue weighted by atomic mass is 14.9. The van der Waals surface area contributed by atoms with Crippen molar-refractivity contribution in [1.82, 2.24) is 9.97 Å². The number of rotatable bonds is 1. The molecule has 1 aromatic rings. The van der Waals surface area contributed by atoms with Crippen molar-refractivity contribution in [2.24, 2.45) is 5.73 Å². The fourth-order valence-corrected chi connectivity index (χ4v) is 0.771. The Morgan fingerprint density at radius 1 is 1.50 bits per heavy atom. The summed E-state index contributed by atoms with van der Waals surface area (Å²) >= 11 is 0. The van der Waals surface area contributed by atoms with Crippen molar-refractivity contribution in [2.75, 3.05) is 5.73 Å². The average molecular weight is 138 g/mol. The Bertz CT molecular complexity index is 213. The number of hydrogen-bond donors (Lipinski definition) is 2. The molecule has 1 aromatic heterocycles. The van der Waals surface area contributed by atoms with Gasteiger partial charge in [0.2, 0.25) is 0 Å². The zero-order valence-electron chi connectivity index (χ0n) is 5.83. The highest BCUT2D eigenvalue weighted by molar-refractivity contribution is 5.40. The Morgan fingerprint density at radius 3 is 2.60 bits per heavy atom. The molecule has 0 aliphatic heterocycles. The van der Waals surface area contributed by atoms with Crippen molar-refractivity contribution in [3.05, 3.63) is 17.6 Å². The molecule has 0 saturated heterocycles. The van der Waals surface area contributed by atoms with E-state index < -0.39 is 0 Å². The molecule has 0 fully saturated rings. The lowest BCUT2D eigenvalue weighted by Gasteiger charge is -2.02. The molecule has 0 bridgehead atoms. The first kappa shape index (κ1) is 6.95. The van der Waals surface area contributed by atoms with Crippen LogP contribution in [0.5, 0.6) is 0 Å². The zero-order chi connectivity index (χ0) is 7.56. The summed E-state index contributed by atoms with van der Waals surface area (Å²) in [6, 6.07) is 0. The molecule has 0 aliphatic carbocycles. The predicted molar refractivity (Wildman–Crippen MR) is 39.1 cm³/mol. The van der Waals surface area contributed by atoms with Crippen LogP contribution in [0, 0.1) is 6.92 Å². The minimum absolute atomic E-state index is 0.401. The van der Waals surface area contributed by atoms with Gasteiger partial charge in [0.1, 0.15) is 12.1 Å². The lowest BCUT2D eigenvalue weighted by molar-refractivity contribution is 0.976. The van der Waals surface area contributed by atoms with Crippen LogP contribution in [0.3, 0.4) is 0 Å². The molecule has 0 aromatic carbocycles. The molecule has 0 unspecified atom stereocenters. The van der Waals surface area contributed by atoms with Crippen molar-refractivity contribution in [3.8, 4) is 0 Å². The first-order chi connectivity index (χ1) is 4.75. The number of hydrogen-bond acceptors (Lipinski definition) is 4. The molecule has 54 valence electrons. The quantitative estimate of drug-likeness (QED) is 0.564. The molecule has 0 amide bonds. The van der Waals surface area contributed by atoms with Gasteiger partial charge in [0.05, 0.1) is 0 Å². The van der Waals surface area contributed by atoms with Crippen LogP contribution in [-0.4, -0.2) is 9.97 Å². The summed E-state index contributed by atoms with van der Waals surface area (Å²) in [5, 5.41) is 0. The van der Waals surface area contributed by atoms with E-state index in [1.54, 1.807) is 0 Å². The molecular formula is C6H10N4. The third-order valence-electron chi connectivity index (χ3n) is 1.40. The molecular weight excluding hydrogens is 128 g/mol. The molecule has 4 heteroatoms. The number of aromatic nitrogens is 2. The number of aryl methyl sites for hydroxylation is 1. The van der Waals surface area contributed by atoms with Gasteiger partial charge in [-0.2, -0.15) is 0 Å². The maximum Gasteiger partial charge on any atom is 0.131 e. The summed E-state index contributed by atoms with van der Waals surface area (Å²) in [4.78, 5) is 7.74. The van der Waals surface area contributed by atoms with Crippen molar-refractivity contribution in [2.45, 2.75) is 13.5 Å². The summed E-state index contributed by atoms with van der Waals surface area (Å²) in [6.07, 6.45) is 1.43. The van der Waals surface area contributed by atoms with Gasteiger partial charge in [-0.25, -0.2) is 9.97 Å². The average Bonchev–Trinajstić information content (AvgIpc) is 1.88. The fourth-order valence-electron chi connectivity index (χ4n) is 0.771. The number of nitrogen functional groups attached to an aromatic ring is 1. The van der Waals surface area contributed by atoms with Crippen LogP contribution in [0.1, 0.15) is 11.3 Å². The van der Waals surface area contributed by atoms with Crippen LogP contribution in [0.15, 0.2) is 6.33 Å². The molecule has 4 N–H and O–H groups in total. The normalized spacial score (nSPS) is 9.80. The molecule has 0 saturated carbocycles. The second-order valence-electron chi connectivity index (χ2n) is 2.03. The Labute approximate surface area is 59.3 Å². The Hall–Kier alpha value is -1.16. The van der Waals surface area contributed by atoms with E-state index in [9.17, 15) is 0 Å². The Morgan fingerprint density at radius 2 is 2.20 bits per heavy atom. The lowest BCUT2D eigenvalue weighted by atomic mass is 10.2. The van der Waals surface area contributed by atoms with E-state index in [4.69, 9.17) is 11.5 Å². The fraction of sp³-hybridized carbons (Fsp3) is 0.333. The van der Waals surface area contributed by atoms with Gasteiger partial charge >= 0.3 is 0 Å². The van der Waals surface area contributed by atoms with Gasteiger partial charge in [-0.1, -0.05) is 0 Å². The lowest BCUT2D eigenvalue weighted by Crippen LogP contribution is -2.06. The standard InChI is InChI=1S/C6H10N4/c1-4-5(2-7)6(8)10-3-9-4/h3H,2,7H2,1H3,(H2,8,9,10). The van der Waals surface area contributed by atoms with E-state index in [-0.39, 0.29) is 0 Å². The second kappa shape index (κ2) is 2.62. The second-order valence-corrected chi connectivity index (χ2v) is 2.03. The van der Waals surface area contributed by atoms with Crippen LogP contribution in [0.2, 0.25) is 0 Å². The van der Waals surface area contributed by atoms with Gasteiger partial charge in [-0.3, -0.25) is 0 Å². The van der Waals surface area contributed by atoms with E-state index >= 15 is 0 Å². The predicted octanol–water partition coefficient (Wildman–Crippen LogP) is -0.174. The summed E-state index contributed by atoms with van der Waals surface area (Å²) in [7, 11) is 0. The molecule has 1 rings (SSSR count). The monoisotopic (exact) mass is 138 g/mol. The highest BCUT2D eigenvalue weighted by Gasteiger charge is 2.00. The van der Waals surface area contributed by atoms with Gasteiger partial charge < -0.3 is 11.5 Å². The summed E-state index contributed by atoms with van der Waals surface area (Å²) in [5.41, 5.74) is 12.6. The van der Waals surface area contributed by atoms with Gasteiger partial charge in [0, 0.05) is 17.8 Å². The van der Waals surface area contributed by atoms with Crippen molar-refractivity contribution in [1.29, 1.82) is 0 Å². The summed E-state index contributed by atoms with van der Waals surface area (Å²) in [5.74, 6) is 0.481. The summed E-state index contributed by atoms with van der Waals surface area (Å²) in [6.45, 7) is 2.26. The Kier molecular flexibility index (Phi) is 1.82. The van der Waals surface area contributed by atoms with E-state index in [0.717, 1.165) is 11.3 Å². The van der Waals surface area contributed by atoms with Crippen LogP contribution in [-0.2, 0) is 6.54 Å². The van der Waals surface area contributed by atoms with E-state index in [2.05, 4.69) is 9.97 Å². The third-order valence-corrected chi connectivity index (χ3v) is 1.40. The van der Waals surface area contributed by atoms with Crippen LogP contribution >= 0.6 is 0 Å². The van der Waals surface area contributed by atoms with Crippen LogP contribution in [0.25, 0.3) is 0 Å². The number of nitrogens with two attached hydrogens (primary N) is 2. The largest absolute Gasteiger partial charge is 0.383 e. The van der Waals surface area contributed by atoms with E-state index in [0.29, 0.717) is 12.4 Å². The zero-order valence-corrected chi connectivity index (χ0v) is 5.83. The van der Waals surface area contributed by atoms with Gasteiger partial charge in [0.15, 0.2) is 0 Å². The van der Waals surface area contributed by atoms with Crippen molar-refractivity contribution < 1.29 is 0 Å². The number of anilines is 1. The smallest absolute Gasteiger partial charge is 0.131 e. The van der Waals surface area contributed by atoms with Crippen molar-refractivity contribution >= 4 is 5.82 Å². The molecule has 0 radical (unpaired) electrons. The Balaban J connectivity index is 3.17. The van der Waals surface area contributed by atoms with Crippen molar-refractivity contribution in [3.63, 3.8) is 0 Å². The van der Waals surface area contributed by atoms with E-state index in [1.807, 2.05) is 6.92 Å². The first-order valence-electron chi connectivity index (χ1n) is 3.01. The van der Waals surface area contributed by atoms with Gasteiger partial charge in [0.25, 0.3) is 0 Å². The highest BCUT2D eigenvalue weighted by Crippen LogP contribution is 2.08. The van der Waals surface area contributed by atoms with Gasteiger partial charge in [-0.05, 0) is 6.92 Å². The maximum absolute atomic E-state index is 5.50. The molecule has 0 aliphatic rings. The third kappa shape index (κ3) is 1.06. The first-order valence-corrected chi connectivity index (χ1v) is 3.01. The van der Waals surface area contributed by atoms with Gasteiger partial charge in [-0.15, -0.1) is 0 Å². The molecule has 0 atom stereocenters. The number of nitrogens with zero attached hydrogens (tertiary/aromatic N) is 2. The minimum Gasteiger partial charge on any atom is -0.383 e. The SMILES string of the molecule is Cc1ncnc(N)c1CN. The molecule has 1 heterocycles. The minimum atomic E-state index is 0.401.